The van der Waals surface area contributed by atoms with Crippen molar-refractivity contribution in [3.05, 3.63) is 34.9 Å². The van der Waals surface area contributed by atoms with Gasteiger partial charge in [0.2, 0.25) is 0 Å². The molecule has 3 amide bonds. The molecule has 7 nitrogen and oxygen atoms in total. The number of imide groups is 1. The van der Waals surface area contributed by atoms with Crippen molar-refractivity contribution < 1.29 is 23.9 Å². The minimum absolute atomic E-state index is 0.0224. The summed E-state index contributed by atoms with van der Waals surface area (Å²) in [6.45, 7) is 7.04. The number of rotatable bonds is 7. The van der Waals surface area contributed by atoms with Crippen LogP contribution in [0.4, 0.5) is 4.79 Å². The number of ketones is 1. The summed E-state index contributed by atoms with van der Waals surface area (Å²) in [5.41, 5.74) is 7.26. The van der Waals surface area contributed by atoms with Crippen LogP contribution in [0.25, 0.3) is 0 Å². The summed E-state index contributed by atoms with van der Waals surface area (Å²) in [5, 5.41) is 1.89. The number of amides is 3. The highest BCUT2D eigenvalue weighted by molar-refractivity contribution is 5.99. The molecule has 0 radical (unpaired) electrons. The molecule has 1 aromatic rings. The Morgan fingerprint density at radius 3 is 2.32 bits per heavy atom. The summed E-state index contributed by atoms with van der Waals surface area (Å²) in [6.07, 6.45) is -1.32. The van der Waals surface area contributed by atoms with Gasteiger partial charge < -0.3 is 10.5 Å². The number of nitrogens with two attached hydrogens (primary N) is 1. The number of ether oxygens (including phenoxy) is 1. The Hall–Kier alpha value is -2.70. The molecule has 1 rings (SSSR count). The number of nitrogens with one attached hydrogen (secondary N) is 1. The molecule has 0 fully saturated rings. The van der Waals surface area contributed by atoms with Crippen LogP contribution >= 0.6 is 0 Å². The fourth-order valence-electron chi connectivity index (χ4n) is 2.27. The number of hydrogen-bond acceptors (Lipinski definition) is 5. The number of hydrogen-bond donors (Lipinski definition) is 2. The van der Waals surface area contributed by atoms with E-state index in [1.165, 1.54) is 0 Å². The van der Waals surface area contributed by atoms with Gasteiger partial charge in [-0.2, -0.15) is 0 Å². The fraction of sp³-hybridized carbons (Fsp3) is 0.444. The molecule has 0 heterocycles. The minimum atomic E-state index is -1.14. The lowest BCUT2D eigenvalue weighted by Gasteiger charge is -2.19. The SMILES string of the molecule is Cc1ccc(C)c(C(=O)CCC(=O)O[C@H](C(=O)NC(N)=O)C(C)C)c1. The highest BCUT2D eigenvalue weighted by atomic mass is 16.5. The first-order chi connectivity index (χ1) is 11.6. The van der Waals surface area contributed by atoms with Crippen molar-refractivity contribution in [2.24, 2.45) is 11.7 Å². The quantitative estimate of drug-likeness (QED) is 0.578. The molecule has 0 aliphatic heterocycles. The van der Waals surface area contributed by atoms with Crippen LogP contribution in [0.2, 0.25) is 0 Å². The van der Waals surface area contributed by atoms with Gasteiger partial charge in [0.15, 0.2) is 11.9 Å². The van der Waals surface area contributed by atoms with Crippen LogP contribution in [0.5, 0.6) is 0 Å². The van der Waals surface area contributed by atoms with E-state index in [4.69, 9.17) is 10.5 Å². The van der Waals surface area contributed by atoms with E-state index in [9.17, 15) is 19.2 Å². The third-order valence-corrected chi connectivity index (χ3v) is 3.62. The Bertz CT molecular complexity index is 682. The van der Waals surface area contributed by atoms with Gasteiger partial charge in [-0.05, 0) is 31.4 Å². The summed E-state index contributed by atoms with van der Waals surface area (Å²) in [7, 11) is 0. The van der Waals surface area contributed by atoms with E-state index in [2.05, 4.69) is 0 Å². The Morgan fingerprint density at radius 2 is 1.76 bits per heavy atom. The summed E-state index contributed by atoms with van der Waals surface area (Å²) in [4.78, 5) is 46.8. The van der Waals surface area contributed by atoms with Crippen LogP contribution in [-0.4, -0.2) is 29.8 Å². The fourth-order valence-corrected chi connectivity index (χ4v) is 2.27. The molecule has 7 heteroatoms. The van der Waals surface area contributed by atoms with E-state index in [0.29, 0.717) is 5.56 Å². The van der Waals surface area contributed by atoms with Crippen molar-refractivity contribution in [1.82, 2.24) is 5.32 Å². The summed E-state index contributed by atoms with van der Waals surface area (Å²) >= 11 is 0. The average Bonchev–Trinajstić information content (AvgIpc) is 2.51. The Morgan fingerprint density at radius 1 is 1.12 bits per heavy atom. The third-order valence-electron chi connectivity index (χ3n) is 3.62. The van der Waals surface area contributed by atoms with Gasteiger partial charge in [-0.1, -0.05) is 31.5 Å². The van der Waals surface area contributed by atoms with E-state index in [-0.39, 0.29) is 24.5 Å². The zero-order valence-corrected chi connectivity index (χ0v) is 14.9. The maximum absolute atomic E-state index is 12.3. The molecule has 1 aromatic carbocycles. The molecule has 0 unspecified atom stereocenters. The highest BCUT2D eigenvalue weighted by Gasteiger charge is 2.27. The molecule has 0 aliphatic rings. The van der Waals surface area contributed by atoms with E-state index in [1.54, 1.807) is 19.9 Å². The highest BCUT2D eigenvalue weighted by Crippen LogP contribution is 2.15. The number of esters is 1. The van der Waals surface area contributed by atoms with Gasteiger partial charge in [-0.25, -0.2) is 4.79 Å². The van der Waals surface area contributed by atoms with Gasteiger partial charge in [0.05, 0.1) is 6.42 Å². The second-order valence-corrected chi connectivity index (χ2v) is 6.25. The Labute approximate surface area is 146 Å². The van der Waals surface area contributed by atoms with Crippen LogP contribution < -0.4 is 11.1 Å². The molecule has 3 N–H and O–H groups in total. The molecular weight excluding hydrogens is 324 g/mol. The largest absolute Gasteiger partial charge is 0.452 e. The third kappa shape index (κ3) is 6.37. The van der Waals surface area contributed by atoms with Gasteiger partial charge in [-0.15, -0.1) is 0 Å². The van der Waals surface area contributed by atoms with Crippen molar-refractivity contribution in [3.8, 4) is 0 Å². The molecule has 0 saturated heterocycles. The van der Waals surface area contributed by atoms with Crippen LogP contribution in [-0.2, 0) is 14.3 Å². The molecule has 1 atom stereocenters. The monoisotopic (exact) mass is 348 g/mol. The van der Waals surface area contributed by atoms with Crippen molar-refractivity contribution in [1.29, 1.82) is 0 Å². The zero-order chi connectivity index (χ0) is 19.1. The minimum Gasteiger partial charge on any atom is -0.452 e. The number of primary amides is 1. The maximum atomic E-state index is 12.3. The average molecular weight is 348 g/mol. The molecule has 0 aromatic heterocycles. The first kappa shape index (κ1) is 20.3. The van der Waals surface area contributed by atoms with E-state index >= 15 is 0 Å². The second kappa shape index (κ2) is 8.96. The molecule has 136 valence electrons. The summed E-state index contributed by atoms with van der Waals surface area (Å²) in [5.74, 6) is -1.98. The van der Waals surface area contributed by atoms with Gasteiger partial charge in [0, 0.05) is 12.0 Å². The van der Waals surface area contributed by atoms with Crippen LogP contribution in [0.1, 0.15) is 48.2 Å². The Kier molecular flexibility index (Phi) is 7.29. The van der Waals surface area contributed by atoms with Gasteiger partial charge >= 0.3 is 12.0 Å². The molecule has 25 heavy (non-hydrogen) atoms. The number of carbonyl (C=O) groups excluding carboxylic acids is 4. The van der Waals surface area contributed by atoms with Crippen molar-refractivity contribution >= 4 is 23.7 Å². The lowest BCUT2D eigenvalue weighted by Crippen LogP contribution is -2.45. The number of aryl methyl sites for hydroxylation is 2. The van der Waals surface area contributed by atoms with E-state index < -0.39 is 24.0 Å². The standard InChI is InChI=1S/C18H24N2O5/c1-10(2)16(17(23)20-18(19)24)25-15(22)8-7-14(21)13-9-11(3)5-6-12(13)4/h5-6,9-10,16H,7-8H2,1-4H3,(H3,19,20,23,24)/t16-/m0/s1. The first-order valence-electron chi connectivity index (χ1n) is 8.02. The molecule has 0 saturated carbocycles. The normalized spacial score (nSPS) is 11.7. The van der Waals surface area contributed by atoms with Crippen molar-refractivity contribution in [2.45, 2.75) is 46.6 Å². The number of carbonyl (C=O) groups is 4. The zero-order valence-electron chi connectivity index (χ0n) is 14.9. The van der Waals surface area contributed by atoms with Crippen molar-refractivity contribution in [2.75, 3.05) is 0 Å². The van der Waals surface area contributed by atoms with E-state index in [0.717, 1.165) is 11.1 Å². The number of Topliss-reactive ketones (excluding diaryl/α,β-unsaturated/α-hetero) is 1. The van der Waals surface area contributed by atoms with Crippen molar-refractivity contribution in [3.63, 3.8) is 0 Å². The second-order valence-electron chi connectivity index (χ2n) is 6.25. The number of benzene rings is 1. The topological polar surface area (TPSA) is 116 Å². The van der Waals surface area contributed by atoms with Gasteiger partial charge in [-0.3, -0.25) is 19.7 Å². The van der Waals surface area contributed by atoms with E-state index in [1.807, 2.05) is 31.3 Å². The summed E-state index contributed by atoms with van der Waals surface area (Å²) in [6, 6.07) is 4.52. The van der Waals surface area contributed by atoms with Crippen LogP contribution in [0.3, 0.4) is 0 Å². The molecule has 0 bridgehead atoms. The molecule has 0 aliphatic carbocycles. The Balaban J connectivity index is 2.65. The molecular formula is C18H24N2O5. The smallest absolute Gasteiger partial charge is 0.318 e. The number of urea groups is 1. The van der Waals surface area contributed by atoms with Gasteiger partial charge in [0.1, 0.15) is 0 Å². The lowest BCUT2D eigenvalue weighted by atomic mass is 9.99. The van der Waals surface area contributed by atoms with Gasteiger partial charge in [0.25, 0.3) is 5.91 Å². The predicted octanol–water partition coefficient (Wildman–Crippen LogP) is 2.03. The lowest BCUT2D eigenvalue weighted by molar-refractivity contribution is -0.158. The van der Waals surface area contributed by atoms with Crippen LogP contribution in [0, 0.1) is 19.8 Å². The summed E-state index contributed by atoms with van der Waals surface area (Å²) < 4.78 is 5.10. The first-order valence-corrected chi connectivity index (χ1v) is 8.02. The maximum Gasteiger partial charge on any atom is 0.318 e. The molecule has 0 spiro atoms. The van der Waals surface area contributed by atoms with Crippen LogP contribution in [0.15, 0.2) is 18.2 Å². The predicted molar refractivity (Wildman–Crippen MR) is 91.9 cm³/mol.